The summed E-state index contributed by atoms with van der Waals surface area (Å²) in [6.45, 7) is 1.80. The van der Waals surface area contributed by atoms with Crippen LogP contribution in [-0.4, -0.2) is 4.83 Å². The topological polar surface area (TPSA) is 0 Å². The van der Waals surface area contributed by atoms with Gasteiger partial charge in [0, 0.05) is 4.83 Å². The Morgan fingerprint density at radius 2 is 1.82 bits per heavy atom. The lowest BCUT2D eigenvalue weighted by Crippen LogP contribution is -2.01. The predicted octanol–water partition coefficient (Wildman–Crippen LogP) is 3.48. The second-order valence-electron chi connectivity index (χ2n) is 2.49. The van der Waals surface area contributed by atoms with Gasteiger partial charge in [0.15, 0.2) is 0 Å². The first-order valence-electron chi connectivity index (χ1n) is 3.55. The van der Waals surface area contributed by atoms with Crippen LogP contribution in [0.3, 0.4) is 0 Å². The van der Waals surface area contributed by atoms with Gasteiger partial charge in [0.05, 0.1) is 0 Å². The molecule has 60 valence electrons. The third-order valence-corrected chi connectivity index (χ3v) is 1.99. The van der Waals surface area contributed by atoms with E-state index in [9.17, 15) is 4.39 Å². The number of halogens is 2. The van der Waals surface area contributed by atoms with Gasteiger partial charge in [-0.05, 0) is 12.5 Å². The van der Waals surface area contributed by atoms with Crippen LogP contribution in [0, 0.1) is 0 Å². The van der Waals surface area contributed by atoms with E-state index in [4.69, 9.17) is 0 Å². The molecule has 0 aromatic heterocycles. The first-order valence-corrected chi connectivity index (χ1v) is 4.46. The average Bonchev–Trinajstić information content (AvgIpc) is 2.05. The molecule has 0 N–H and O–H groups in total. The van der Waals surface area contributed by atoms with Crippen LogP contribution in [0.25, 0.3) is 0 Å². The maximum absolute atomic E-state index is 13.2. The molecule has 2 atom stereocenters. The molecule has 11 heavy (non-hydrogen) atoms. The molecule has 0 fully saturated rings. The summed E-state index contributed by atoms with van der Waals surface area (Å²) in [4.78, 5) is -0.120. The largest absolute Gasteiger partial charge is 0.241 e. The first kappa shape index (κ1) is 8.72. The number of benzene rings is 1. The van der Waals surface area contributed by atoms with Crippen LogP contribution in [0.5, 0.6) is 0 Å². The van der Waals surface area contributed by atoms with Gasteiger partial charge in [-0.3, -0.25) is 0 Å². The molecule has 0 aliphatic rings. The molecule has 0 aliphatic carbocycles. The van der Waals surface area contributed by atoms with Gasteiger partial charge in [-0.25, -0.2) is 4.39 Å². The van der Waals surface area contributed by atoms with Crippen LogP contribution in [0.1, 0.15) is 18.7 Å². The smallest absolute Gasteiger partial charge is 0.137 e. The monoisotopic (exact) mass is 216 g/mol. The number of hydrogen-bond donors (Lipinski definition) is 0. The first-order chi connectivity index (χ1) is 5.22. The highest BCUT2D eigenvalue weighted by Crippen LogP contribution is 2.25. The molecule has 0 amide bonds. The highest BCUT2D eigenvalue weighted by atomic mass is 79.9. The Morgan fingerprint density at radius 3 is 2.27 bits per heavy atom. The Bertz CT molecular complexity index is 208. The lowest BCUT2D eigenvalue weighted by Gasteiger charge is -2.09. The maximum Gasteiger partial charge on any atom is 0.137 e. The SMILES string of the molecule is C[C@@H](Br)[C@H](F)c1ccccc1. The maximum atomic E-state index is 13.2. The van der Waals surface area contributed by atoms with Crippen molar-refractivity contribution in [1.82, 2.24) is 0 Å². The van der Waals surface area contributed by atoms with Gasteiger partial charge >= 0.3 is 0 Å². The van der Waals surface area contributed by atoms with Gasteiger partial charge in [0.25, 0.3) is 0 Å². The number of rotatable bonds is 2. The fraction of sp³-hybridized carbons (Fsp3) is 0.333. The Kier molecular flexibility index (Phi) is 3.06. The highest BCUT2D eigenvalue weighted by molar-refractivity contribution is 9.09. The van der Waals surface area contributed by atoms with Crippen LogP contribution in [0.4, 0.5) is 4.39 Å². The van der Waals surface area contributed by atoms with E-state index in [1.807, 2.05) is 18.2 Å². The standard InChI is InChI=1S/C9H10BrF/c1-7(10)9(11)8-5-3-2-4-6-8/h2-7,9H,1H3/t7-,9+/m1/s1. The van der Waals surface area contributed by atoms with Gasteiger partial charge in [-0.1, -0.05) is 46.3 Å². The Hall–Kier alpha value is -0.370. The summed E-state index contributed by atoms with van der Waals surface area (Å²) < 4.78 is 13.2. The van der Waals surface area contributed by atoms with E-state index in [0.29, 0.717) is 0 Å². The van der Waals surface area contributed by atoms with E-state index in [1.165, 1.54) is 0 Å². The second kappa shape index (κ2) is 3.86. The molecule has 0 nitrogen and oxygen atoms in total. The van der Waals surface area contributed by atoms with Crippen LogP contribution in [0.15, 0.2) is 30.3 Å². The molecule has 0 heterocycles. The van der Waals surface area contributed by atoms with Gasteiger partial charge in [-0.2, -0.15) is 0 Å². The highest BCUT2D eigenvalue weighted by Gasteiger charge is 2.14. The van der Waals surface area contributed by atoms with E-state index >= 15 is 0 Å². The molecule has 0 radical (unpaired) electrons. The summed E-state index contributed by atoms with van der Waals surface area (Å²) in [5, 5.41) is 0. The summed E-state index contributed by atoms with van der Waals surface area (Å²) in [6, 6.07) is 9.16. The average molecular weight is 217 g/mol. The molecule has 0 unspecified atom stereocenters. The number of hydrogen-bond acceptors (Lipinski definition) is 0. The Labute approximate surface area is 74.6 Å². The van der Waals surface area contributed by atoms with Crippen molar-refractivity contribution in [2.75, 3.05) is 0 Å². The molecular weight excluding hydrogens is 207 g/mol. The minimum absolute atomic E-state index is 0.120. The summed E-state index contributed by atoms with van der Waals surface area (Å²) in [6.07, 6.45) is -0.906. The lowest BCUT2D eigenvalue weighted by molar-refractivity contribution is 0.345. The van der Waals surface area contributed by atoms with Crippen LogP contribution in [-0.2, 0) is 0 Å². The summed E-state index contributed by atoms with van der Waals surface area (Å²) in [7, 11) is 0. The van der Waals surface area contributed by atoms with Gasteiger partial charge in [0.2, 0.25) is 0 Å². The quantitative estimate of drug-likeness (QED) is 0.665. The number of alkyl halides is 2. The van der Waals surface area contributed by atoms with Crippen LogP contribution < -0.4 is 0 Å². The fourth-order valence-electron chi connectivity index (χ4n) is 0.902. The Balaban J connectivity index is 2.77. The van der Waals surface area contributed by atoms with Crippen LogP contribution >= 0.6 is 15.9 Å². The van der Waals surface area contributed by atoms with Crippen LogP contribution in [0.2, 0.25) is 0 Å². The van der Waals surface area contributed by atoms with E-state index in [2.05, 4.69) is 15.9 Å². The minimum atomic E-state index is -0.906. The summed E-state index contributed by atoms with van der Waals surface area (Å²) >= 11 is 3.20. The van der Waals surface area contributed by atoms with Gasteiger partial charge < -0.3 is 0 Å². The van der Waals surface area contributed by atoms with Crippen molar-refractivity contribution in [3.8, 4) is 0 Å². The molecule has 1 aromatic carbocycles. The normalized spacial score (nSPS) is 15.9. The van der Waals surface area contributed by atoms with E-state index in [1.54, 1.807) is 19.1 Å². The van der Waals surface area contributed by atoms with Gasteiger partial charge in [0.1, 0.15) is 6.17 Å². The third kappa shape index (κ3) is 2.29. The fourth-order valence-corrected chi connectivity index (χ4v) is 1.21. The Morgan fingerprint density at radius 1 is 1.27 bits per heavy atom. The molecule has 0 saturated heterocycles. The summed E-state index contributed by atoms with van der Waals surface area (Å²) in [5.74, 6) is 0. The second-order valence-corrected chi connectivity index (χ2v) is 3.93. The molecule has 0 spiro atoms. The van der Waals surface area contributed by atoms with Crippen molar-refractivity contribution >= 4 is 15.9 Å². The molecule has 2 heteroatoms. The summed E-state index contributed by atoms with van der Waals surface area (Å²) in [5.41, 5.74) is 0.733. The van der Waals surface area contributed by atoms with E-state index in [-0.39, 0.29) is 4.83 Å². The zero-order valence-electron chi connectivity index (χ0n) is 6.30. The van der Waals surface area contributed by atoms with Crippen molar-refractivity contribution in [2.45, 2.75) is 17.9 Å². The molecule has 0 aliphatic heterocycles. The van der Waals surface area contributed by atoms with Crippen molar-refractivity contribution in [3.63, 3.8) is 0 Å². The van der Waals surface area contributed by atoms with E-state index in [0.717, 1.165) is 5.56 Å². The predicted molar refractivity (Wildman–Crippen MR) is 48.7 cm³/mol. The van der Waals surface area contributed by atoms with Gasteiger partial charge in [-0.15, -0.1) is 0 Å². The lowest BCUT2D eigenvalue weighted by atomic mass is 10.1. The third-order valence-electron chi connectivity index (χ3n) is 1.52. The molecule has 0 bridgehead atoms. The van der Waals surface area contributed by atoms with E-state index < -0.39 is 6.17 Å². The minimum Gasteiger partial charge on any atom is -0.241 e. The van der Waals surface area contributed by atoms with Crippen molar-refractivity contribution in [1.29, 1.82) is 0 Å². The zero-order valence-corrected chi connectivity index (χ0v) is 7.88. The molecular formula is C9H10BrF. The molecule has 0 saturated carbocycles. The van der Waals surface area contributed by atoms with Crippen molar-refractivity contribution < 1.29 is 4.39 Å². The van der Waals surface area contributed by atoms with Crippen molar-refractivity contribution in [3.05, 3.63) is 35.9 Å². The van der Waals surface area contributed by atoms with Crippen molar-refractivity contribution in [2.24, 2.45) is 0 Å². The zero-order chi connectivity index (χ0) is 8.27. The molecule has 1 rings (SSSR count). The molecule has 1 aromatic rings.